The van der Waals surface area contributed by atoms with Crippen molar-refractivity contribution in [1.82, 2.24) is 0 Å². The van der Waals surface area contributed by atoms with E-state index < -0.39 is 17.3 Å². The van der Waals surface area contributed by atoms with Crippen molar-refractivity contribution in [2.24, 2.45) is 17.8 Å². The highest BCUT2D eigenvalue weighted by molar-refractivity contribution is 5.56. The molecule has 0 N–H and O–H groups in total. The third-order valence-electron chi connectivity index (χ3n) is 7.15. The molecule has 43 heavy (non-hydrogen) atoms. The van der Waals surface area contributed by atoms with Gasteiger partial charge in [0.1, 0.15) is 28.6 Å². The molecule has 7 heteroatoms. The first-order valence-electron chi connectivity index (χ1n) is 15.9. The predicted molar refractivity (Wildman–Crippen MR) is 171 cm³/mol. The van der Waals surface area contributed by atoms with E-state index in [1.165, 1.54) is 0 Å². The Bertz CT molecular complexity index is 1160. The number of fused-ring (bicyclic) bond motifs is 1. The maximum atomic E-state index is 6.54. The van der Waals surface area contributed by atoms with E-state index in [9.17, 15) is 0 Å². The van der Waals surface area contributed by atoms with Crippen molar-refractivity contribution in [2.45, 2.75) is 119 Å². The SMILES string of the molecule is CC(C)COC(C)Oc1ccc(C2(C)CC(C)(C)Oc3cc(OC(C)OCC(C)C)ccc32)c(OC(C)OCC(C)C)c1. The van der Waals surface area contributed by atoms with E-state index in [0.717, 1.165) is 23.3 Å². The topological polar surface area (TPSA) is 64.6 Å². The lowest BCUT2D eigenvalue weighted by molar-refractivity contribution is -0.0795. The summed E-state index contributed by atoms with van der Waals surface area (Å²) in [6, 6.07) is 12.1. The van der Waals surface area contributed by atoms with Gasteiger partial charge in [-0.15, -0.1) is 0 Å². The molecule has 1 aliphatic rings. The van der Waals surface area contributed by atoms with Gasteiger partial charge in [0.05, 0.1) is 19.8 Å². The smallest absolute Gasteiger partial charge is 0.197 e. The molecule has 1 heterocycles. The first kappa shape index (κ1) is 35.0. The van der Waals surface area contributed by atoms with E-state index in [1.54, 1.807) is 0 Å². The van der Waals surface area contributed by atoms with Gasteiger partial charge in [0.15, 0.2) is 18.9 Å². The van der Waals surface area contributed by atoms with Crippen molar-refractivity contribution in [3.8, 4) is 23.0 Å². The second-order valence-electron chi connectivity index (χ2n) is 13.9. The Morgan fingerprint density at radius 3 is 1.53 bits per heavy atom. The highest BCUT2D eigenvalue weighted by Crippen LogP contribution is 2.52. The predicted octanol–water partition coefficient (Wildman–Crippen LogP) is 8.75. The summed E-state index contributed by atoms with van der Waals surface area (Å²) in [5, 5.41) is 0. The summed E-state index contributed by atoms with van der Waals surface area (Å²) < 4.78 is 43.1. The Morgan fingerprint density at radius 2 is 1.05 bits per heavy atom. The molecule has 4 unspecified atom stereocenters. The summed E-state index contributed by atoms with van der Waals surface area (Å²) >= 11 is 0. The molecule has 242 valence electrons. The minimum atomic E-state index is -0.440. The van der Waals surface area contributed by atoms with Crippen LogP contribution in [0.2, 0.25) is 0 Å². The lowest BCUT2D eigenvalue weighted by Gasteiger charge is -2.45. The van der Waals surface area contributed by atoms with E-state index in [1.807, 2.05) is 45.0 Å². The second-order valence-corrected chi connectivity index (χ2v) is 13.9. The van der Waals surface area contributed by atoms with Crippen molar-refractivity contribution in [2.75, 3.05) is 19.8 Å². The number of benzene rings is 2. The quantitative estimate of drug-likeness (QED) is 0.179. The summed E-state index contributed by atoms with van der Waals surface area (Å²) in [5.74, 6) is 4.15. The van der Waals surface area contributed by atoms with Crippen molar-refractivity contribution in [3.63, 3.8) is 0 Å². The summed E-state index contributed by atoms with van der Waals surface area (Å²) in [4.78, 5) is 0. The van der Waals surface area contributed by atoms with Crippen LogP contribution in [-0.4, -0.2) is 44.3 Å². The second kappa shape index (κ2) is 15.0. The van der Waals surface area contributed by atoms with Crippen LogP contribution in [0.4, 0.5) is 0 Å². The van der Waals surface area contributed by atoms with Crippen LogP contribution in [-0.2, 0) is 19.6 Å². The molecule has 0 saturated heterocycles. The van der Waals surface area contributed by atoms with E-state index in [4.69, 9.17) is 33.2 Å². The summed E-state index contributed by atoms with van der Waals surface area (Å²) in [7, 11) is 0. The molecule has 0 aromatic heterocycles. The zero-order valence-electron chi connectivity index (χ0n) is 28.6. The molecule has 0 fully saturated rings. The Hall–Kier alpha value is -2.48. The van der Waals surface area contributed by atoms with Gasteiger partial charge >= 0.3 is 0 Å². The third-order valence-corrected chi connectivity index (χ3v) is 7.15. The number of rotatable bonds is 16. The normalized spacial score (nSPS) is 20.0. The fourth-order valence-corrected chi connectivity index (χ4v) is 5.41. The zero-order chi connectivity index (χ0) is 31.9. The average Bonchev–Trinajstić information content (AvgIpc) is 2.88. The van der Waals surface area contributed by atoms with Gasteiger partial charge in [-0.25, -0.2) is 0 Å². The Morgan fingerprint density at radius 1 is 0.605 bits per heavy atom. The van der Waals surface area contributed by atoms with Crippen LogP contribution in [0.5, 0.6) is 23.0 Å². The summed E-state index contributed by atoms with van der Waals surface area (Å²) in [5.41, 5.74) is 1.24. The van der Waals surface area contributed by atoms with Crippen LogP contribution >= 0.6 is 0 Å². The Labute approximate surface area is 260 Å². The number of hydrogen-bond donors (Lipinski definition) is 0. The van der Waals surface area contributed by atoms with E-state index in [-0.39, 0.29) is 12.6 Å². The number of ether oxygens (including phenoxy) is 7. The van der Waals surface area contributed by atoms with Crippen LogP contribution in [0.3, 0.4) is 0 Å². The minimum Gasteiger partial charge on any atom is -0.487 e. The van der Waals surface area contributed by atoms with Crippen LogP contribution in [0.1, 0.15) is 101 Å². The standard InChI is InChI=1S/C36H56O7/c1-23(2)19-37-26(7)40-29-13-15-31(33(17-29)42-28(9)39-21-25(5)6)36(12)22-35(10,11)43-34-18-30(14-16-32(34)36)41-27(8)38-20-24(3)4/h13-18,23-28H,19-22H2,1-12H3. The maximum Gasteiger partial charge on any atom is 0.197 e. The molecule has 3 rings (SSSR count). The molecule has 0 aliphatic carbocycles. The molecule has 2 aromatic carbocycles. The molecule has 4 atom stereocenters. The van der Waals surface area contributed by atoms with Gasteiger partial charge in [-0.05, 0) is 64.5 Å². The first-order valence-corrected chi connectivity index (χ1v) is 15.9. The molecule has 1 aliphatic heterocycles. The lowest BCUT2D eigenvalue weighted by atomic mass is 9.67. The Kier molecular flexibility index (Phi) is 12.2. The molecule has 7 nitrogen and oxygen atoms in total. The fraction of sp³-hybridized carbons (Fsp3) is 0.667. The van der Waals surface area contributed by atoms with E-state index in [0.29, 0.717) is 54.8 Å². The van der Waals surface area contributed by atoms with Gasteiger partial charge in [0.25, 0.3) is 0 Å². The fourth-order valence-electron chi connectivity index (χ4n) is 5.41. The van der Waals surface area contributed by atoms with Gasteiger partial charge < -0.3 is 33.2 Å². The zero-order valence-corrected chi connectivity index (χ0v) is 28.6. The lowest BCUT2D eigenvalue weighted by Crippen LogP contribution is -2.43. The van der Waals surface area contributed by atoms with Crippen molar-refractivity contribution in [1.29, 1.82) is 0 Å². The Balaban J connectivity index is 1.99. The molecule has 2 aromatic rings. The number of hydrogen-bond acceptors (Lipinski definition) is 7. The van der Waals surface area contributed by atoms with Gasteiger partial charge in [-0.1, -0.05) is 60.6 Å². The van der Waals surface area contributed by atoms with E-state index >= 15 is 0 Å². The van der Waals surface area contributed by atoms with Gasteiger partial charge in [0.2, 0.25) is 0 Å². The monoisotopic (exact) mass is 600 g/mol. The van der Waals surface area contributed by atoms with Crippen molar-refractivity contribution >= 4 is 0 Å². The molecular formula is C36H56O7. The molecule has 0 radical (unpaired) electrons. The van der Waals surface area contributed by atoms with Gasteiger partial charge in [0, 0.05) is 35.1 Å². The largest absolute Gasteiger partial charge is 0.487 e. The van der Waals surface area contributed by atoms with Crippen LogP contribution in [0, 0.1) is 17.8 Å². The van der Waals surface area contributed by atoms with Crippen LogP contribution in [0.25, 0.3) is 0 Å². The third kappa shape index (κ3) is 10.3. The van der Waals surface area contributed by atoms with E-state index in [2.05, 4.69) is 74.4 Å². The average molecular weight is 601 g/mol. The van der Waals surface area contributed by atoms with Gasteiger partial charge in [-0.2, -0.15) is 0 Å². The molecule has 0 spiro atoms. The highest BCUT2D eigenvalue weighted by Gasteiger charge is 2.45. The molecular weight excluding hydrogens is 544 g/mol. The first-order chi connectivity index (χ1) is 20.1. The van der Waals surface area contributed by atoms with Crippen molar-refractivity contribution < 1.29 is 33.2 Å². The van der Waals surface area contributed by atoms with Crippen molar-refractivity contribution in [3.05, 3.63) is 47.5 Å². The van der Waals surface area contributed by atoms with Crippen LogP contribution in [0.15, 0.2) is 36.4 Å². The molecule has 0 bridgehead atoms. The maximum absolute atomic E-state index is 6.54. The molecule has 0 saturated carbocycles. The minimum absolute atomic E-state index is 0.366. The summed E-state index contributed by atoms with van der Waals surface area (Å²) in [6.45, 7) is 26.9. The summed E-state index contributed by atoms with van der Waals surface area (Å²) in [6.07, 6.45) is -0.452. The molecule has 0 amide bonds. The highest BCUT2D eigenvalue weighted by atomic mass is 16.7. The van der Waals surface area contributed by atoms with Crippen LogP contribution < -0.4 is 18.9 Å². The van der Waals surface area contributed by atoms with Gasteiger partial charge in [-0.3, -0.25) is 0 Å².